The number of sulfone groups is 1. The van der Waals surface area contributed by atoms with Crippen molar-refractivity contribution in [3.8, 4) is 0 Å². The van der Waals surface area contributed by atoms with E-state index in [4.69, 9.17) is 5.11 Å². The first-order valence-corrected chi connectivity index (χ1v) is 9.18. The molecule has 0 atom stereocenters. The van der Waals surface area contributed by atoms with Crippen molar-refractivity contribution in [2.24, 2.45) is 0 Å². The molecule has 140 valence electrons. The van der Waals surface area contributed by atoms with Crippen molar-refractivity contribution in [3.63, 3.8) is 0 Å². The van der Waals surface area contributed by atoms with Gasteiger partial charge in [-0.05, 0) is 17.7 Å². The van der Waals surface area contributed by atoms with Crippen LogP contribution in [0.25, 0.3) is 0 Å². The van der Waals surface area contributed by atoms with Crippen LogP contribution in [0.3, 0.4) is 0 Å². The number of urea groups is 2. The van der Waals surface area contributed by atoms with E-state index in [1.807, 2.05) is 0 Å². The average Bonchev–Trinajstić information content (AvgIpc) is 2.94. The van der Waals surface area contributed by atoms with E-state index >= 15 is 0 Å². The average molecular weight is 383 g/mol. The summed E-state index contributed by atoms with van der Waals surface area (Å²) in [6.07, 6.45) is -0.235. The Balaban J connectivity index is 1.99. The van der Waals surface area contributed by atoms with Crippen LogP contribution in [0.5, 0.6) is 0 Å². The SMILES string of the molecule is CC(=O)N1CCN(C(=O)NCS(=O)(=O)c2ccc(CC(=O)O)cc2)C1=O. The smallest absolute Gasteiger partial charge is 0.334 e. The molecule has 11 heteroatoms. The largest absolute Gasteiger partial charge is 0.481 e. The number of carbonyl (C=O) groups is 4. The maximum Gasteiger partial charge on any atom is 0.334 e. The molecule has 1 aliphatic heterocycles. The Morgan fingerprint density at radius 1 is 1.12 bits per heavy atom. The summed E-state index contributed by atoms with van der Waals surface area (Å²) >= 11 is 0. The Bertz CT molecular complexity index is 848. The number of hydrogen-bond acceptors (Lipinski definition) is 6. The first-order chi connectivity index (χ1) is 12.1. The first kappa shape index (κ1) is 19.4. The number of amides is 5. The highest BCUT2D eigenvalue weighted by molar-refractivity contribution is 7.91. The van der Waals surface area contributed by atoms with Crippen LogP contribution in [-0.4, -0.2) is 66.2 Å². The van der Waals surface area contributed by atoms with Gasteiger partial charge in [-0.25, -0.2) is 22.9 Å². The molecule has 1 aliphatic rings. The molecular weight excluding hydrogens is 366 g/mol. The molecule has 1 aromatic carbocycles. The predicted molar refractivity (Wildman–Crippen MR) is 87.9 cm³/mol. The van der Waals surface area contributed by atoms with Crippen molar-refractivity contribution in [2.45, 2.75) is 18.2 Å². The van der Waals surface area contributed by atoms with Crippen LogP contribution >= 0.6 is 0 Å². The Kier molecular flexibility index (Phi) is 5.60. The molecule has 1 aromatic rings. The normalized spacial score (nSPS) is 14.4. The van der Waals surface area contributed by atoms with Crippen molar-refractivity contribution < 1.29 is 32.7 Å². The summed E-state index contributed by atoms with van der Waals surface area (Å²) < 4.78 is 24.5. The summed E-state index contributed by atoms with van der Waals surface area (Å²) in [6.45, 7) is 1.23. The molecule has 0 aliphatic carbocycles. The van der Waals surface area contributed by atoms with Crippen LogP contribution in [0.2, 0.25) is 0 Å². The molecule has 10 nitrogen and oxygen atoms in total. The second-order valence-corrected chi connectivity index (χ2v) is 7.55. The minimum atomic E-state index is -3.88. The Morgan fingerprint density at radius 3 is 2.19 bits per heavy atom. The van der Waals surface area contributed by atoms with Crippen LogP contribution in [0, 0.1) is 0 Å². The van der Waals surface area contributed by atoms with Gasteiger partial charge in [-0.2, -0.15) is 0 Å². The second kappa shape index (κ2) is 7.52. The summed E-state index contributed by atoms with van der Waals surface area (Å²) in [4.78, 5) is 47.3. The van der Waals surface area contributed by atoms with E-state index < -0.39 is 39.7 Å². The Labute approximate surface area is 149 Å². The van der Waals surface area contributed by atoms with Gasteiger partial charge in [0, 0.05) is 13.5 Å². The van der Waals surface area contributed by atoms with E-state index in [-0.39, 0.29) is 24.4 Å². The molecule has 5 amide bonds. The minimum Gasteiger partial charge on any atom is -0.481 e. The lowest BCUT2D eigenvalue weighted by Crippen LogP contribution is -2.44. The van der Waals surface area contributed by atoms with Gasteiger partial charge in [0.2, 0.25) is 5.91 Å². The van der Waals surface area contributed by atoms with Crippen LogP contribution < -0.4 is 5.32 Å². The molecule has 0 saturated carbocycles. The lowest BCUT2D eigenvalue weighted by molar-refractivity contribution is -0.136. The number of imide groups is 2. The van der Waals surface area contributed by atoms with Gasteiger partial charge in [0.25, 0.3) is 0 Å². The van der Waals surface area contributed by atoms with Crippen LogP contribution in [0.1, 0.15) is 12.5 Å². The lowest BCUT2D eigenvalue weighted by Gasteiger charge is -2.15. The van der Waals surface area contributed by atoms with Crippen molar-refractivity contribution >= 4 is 33.8 Å². The maximum absolute atomic E-state index is 12.2. The number of nitrogens with one attached hydrogen (secondary N) is 1. The van der Waals surface area contributed by atoms with Gasteiger partial charge in [-0.3, -0.25) is 14.5 Å². The van der Waals surface area contributed by atoms with Gasteiger partial charge in [-0.1, -0.05) is 12.1 Å². The minimum absolute atomic E-state index is 0.0197. The molecule has 0 bridgehead atoms. The van der Waals surface area contributed by atoms with Gasteiger partial charge >= 0.3 is 18.0 Å². The number of aliphatic carboxylic acids is 1. The molecule has 2 rings (SSSR count). The molecule has 0 radical (unpaired) electrons. The van der Waals surface area contributed by atoms with Crippen LogP contribution in [0.4, 0.5) is 9.59 Å². The quantitative estimate of drug-likeness (QED) is 0.731. The molecule has 0 unspecified atom stereocenters. The second-order valence-electron chi connectivity index (χ2n) is 5.56. The fourth-order valence-corrected chi connectivity index (χ4v) is 3.37. The topological polar surface area (TPSA) is 141 Å². The molecule has 1 saturated heterocycles. The van der Waals surface area contributed by atoms with Crippen LogP contribution in [0.15, 0.2) is 29.2 Å². The van der Waals surface area contributed by atoms with E-state index in [9.17, 15) is 27.6 Å². The first-order valence-electron chi connectivity index (χ1n) is 7.53. The summed E-state index contributed by atoms with van der Waals surface area (Å²) in [7, 11) is -3.88. The highest BCUT2D eigenvalue weighted by atomic mass is 32.2. The van der Waals surface area contributed by atoms with Crippen LogP contribution in [-0.2, 0) is 25.8 Å². The van der Waals surface area contributed by atoms with Gasteiger partial charge in [0.1, 0.15) is 5.88 Å². The number of rotatable bonds is 5. The third-order valence-corrected chi connectivity index (χ3v) is 5.20. The third kappa shape index (κ3) is 4.36. The summed E-state index contributed by atoms with van der Waals surface area (Å²) in [5.74, 6) is -2.28. The van der Waals surface area contributed by atoms with Crippen molar-refractivity contribution in [1.82, 2.24) is 15.1 Å². The van der Waals surface area contributed by atoms with Gasteiger partial charge in [-0.15, -0.1) is 0 Å². The standard InChI is InChI=1S/C15H17N3O7S/c1-10(19)17-6-7-18(15(17)23)14(22)16-9-26(24,25)12-4-2-11(3-5-12)8-13(20)21/h2-5H,6-9H2,1H3,(H,16,22)(H,20,21). The fourth-order valence-electron chi connectivity index (χ4n) is 2.34. The summed E-state index contributed by atoms with van der Waals surface area (Å²) in [5.41, 5.74) is 0.437. The number of nitrogens with zero attached hydrogens (tertiary/aromatic N) is 2. The number of carboxylic acids is 1. The zero-order valence-corrected chi connectivity index (χ0v) is 14.7. The summed E-state index contributed by atoms with van der Waals surface area (Å²) in [6, 6.07) is 3.53. The van der Waals surface area contributed by atoms with Crippen molar-refractivity contribution in [3.05, 3.63) is 29.8 Å². The molecular formula is C15H17N3O7S. The molecule has 0 aromatic heterocycles. The predicted octanol–water partition coefficient (Wildman–Crippen LogP) is 0.0386. The van der Waals surface area contributed by atoms with Crippen molar-refractivity contribution in [1.29, 1.82) is 0 Å². The van der Waals surface area contributed by atoms with E-state index in [0.29, 0.717) is 5.56 Å². The number of carbonyl (C=O) groups excluding carboxylic acids is 3. The molecule has 2 N–H and O–H groups in total. The summed E-state index contributed by atoms with van der Waals surface area (Å²) in [5, 5.41) is 10.8. The van der Waals surface area contributed by atoms with E-state index in [2.05, 4.69) is 5.32 Å². The molecule has 1 heterocycles. The third-order valence-electron chi connectivity index (χ3n) is 3.69. The zero-order valence-electron chi connectivity index (χ0n) is 13.8. The number of benzene rings is 1. The van der Waals surface area contributed by atoms with Gasteiger partial charge in [0.05, 0.1) is 17.9 Å². The van der Waals surface area contributed by atoms with Gasteiger partial charge in [0.15, 0.2) is 9.84 Å². The monoisotopic (exact) mass is 383 g/mol. The lowest BCUT2D eigenvalue weighted by atomic mass is 10.2. The maximum atomic E-state index is 12.2. The zero-order chi connectivity index (χ0) is 19.5. The Morgan fingerprint density at radius 2 is 1.69 bits per heavy atom. The molecule has 1 fully saturated rings. The highest BCUT2D eigenvalue weighted by Gasteiger charge is 2.35. The fraction of sp³-hybridized carbons (Fsp3) is 0.333. The van der Waals surface area contributed by atoms with Gasteiger partial charge < -0.3 is 10.4 Å². The highest BCUT2D eigenvalue weighted by Crippen LogP contribution is 2.13. The molecule has 26 heavy (non-hydrogen) atoms. The van der Waals surface area contributed by atoms with Crippen molar-refractivity contribution in [2.75, 3.05) is 19.0 Å². The Hall–Kier alpha value is -2.95. The van der Waals surface area contributed by atoms with E-state index in [1.54, 1.807) is 0 Å². The van der Waals surface area contributed by atoms with E-state index in [1.165, 1.54) is 31.2 Å². The number of hydrogen-bond donors (Lipinski definition) is 2. The number of carboxylic acid groups (broad SMARTS) is 1. The van der Waals surface area contributed by atoms with E-state index in [0.717, 1.165) is 9.80 Å². The molecule has 0 spiro atoms.